The molecule has 29 heavy (non-hydrogen) atoms. The molecule has 2 aliphatic rings. The lowest BCUT2D eigenvalue weighted by molar-refractivity contribution is -0.137. The number of carbonyl (C=O) groups excluding carboxylic acids is 3. The summed E-state index contributed by atoms with van der Waals surface area (Å²) in [6.45, 7) is 2.21. The lowest BCUT2D eigenvalue weighted by atomic mass is 10.1. The summed E-state index contributed by atoms with van der Waals surface area (Å²) in [5.41, 5.74) is 1.16. The zero-order chi connectivity index (χ0) is 20.4. The number of aromatic nitrogens is 1. The third kappa shape index (κ3) is 4.10. The van der Waals surface area contributed by atoms with E-state index in [0.29, 0.717) is 43.4 Å². The molecule has 7 nitrogen and oxygen atoms in total. The monoisotopic (exact) mass is 412 g/mol. The van der Waals surface area contributed by atoms with Crippen LogP contribution in [-0.2, 0) is 9.59 Å². The molecular weight excluding hydrogens is 392 g/mol. The molecule has 2 aromatic rings. The fourth-order valence-electron chi connectivity index (χ4n) is 3.78. The van der Waals surface area contributed by atoms with Gasteiger partial charge in [0.2, 0.25) is 11.8 Å². The highest BCUT2D eigenvalue weighted by molar-refractivity contribution is 6.30. The lowest BCUT2D eigenvalue weighted by Crippen LogP contribution is -2.52. The van der Waals surface area contributed by atoms with E-state index in [1.54, 1.807) is 63.4 Å². The molecule has 0 unspecified atom stereocenters. The Kier molecular flexibility index (Phi) is 5.49. The molecule has 2 aliphatic heterocycles. The zero-order valence-corrected chi connectivity index (χ0v) is 16.6. The molecular formula is C21H21ClN4O3. The summed E-state index contributed by atoms with van der Waals surface area (Å²) in [6.07, 6.45) is 1.80. The van der Waals surface area contributed by atoms with Crippen molar-refractivity contribution in [3.05, 3.63) is 59.4 Å². The predicted octanol–water partition coefficient (Wildman–Crippen LogP) is 2.07. The van der Waals surface area contributed by atoms with Gasteiger partial charge in [-0.2, -0.15) is 0 Å². The second-order valence-electron chi connectivity index (χ2n) is 7.21. The highest BCUT2D eigenvalue weighted by Crippen LogP contribution is 2.27. The molecule has 3 heterocycles. The van der Waals surface area contributed by atoms with Crippen LogP contribution < -0.4 is 4.90 Å². The van der Waals surface area contributed by atoms with Crippen molar-refractivity contribution in [1.29, 1.82) is 0 Å². The summed E-state index contributed by atoms with van der Waals surface area (Å²) in [5.74, 6) is -0.576. The molecule has 0 aliphatic carbocycles. The zero-order valence-electron chi connectivity index (χ0n) is 15.8. The minimum atomic E-state index is -0.365. The van der Waals surface area contributed by atoms with Crippen molar-refractivity contribution in [2.75, 3.05) is 37.6 Å². The van der Waals surface area contributed by atoms with Gasteiger partial charge in [0.25, 0.3) is 5.91 Å². The fourth-order valence-corrected chi connectivity index (χ4v) is 3.91. The van der Waals surface area contributed by atoms with E-state index in [-0.39, 0.29) is 30.1 Å². The van der Waals surface area contributed by atoms with E-state index in [4.69, 9.17) is 11.6 Å². The average molecular weight is 413 g/mol. The molecule has 3 amide bonds. The number of nitrogens with zero attached hydrogens (tertiary/aromatic N) is 4. The Labute approximate surface area is 173 Å². The maximum Gasteiger partial charge on any atom is 0.272 e. The number of anilines is 1. The van der Waals surface area contributed by atoms with Gasteiger partial charge < -0.3 is 14.7 Å². The van der Waals surface area contributed by atoms with Gasteiger partial charge in [0, 0.05) is 56.1 Å². The Balaban J connectivity index is 1.34. The SMILES string of the molecule is O=C(c1ccccn1)N1CCN(C(=O)[C@@H]2CC(=O)N(c3ccc(Cl)cc3)C2)CC1. The Bertz CT molecular complexity index is 911. The van der Waals surface area contributed by atoms with Crippen LogP contribution in [0.1, 0.15) is 16.9 Å². The number of pyridine rings is 1. The molecule has 0 radical (unpaired) electrons. The van der Waals surface area contributed by atoms with E-state index < -0.39 is 0 Å². The van der Waals surface area contributed by atoms with E-state index in [1.807, 2.05) is 0 Å². The van der Waals surface area contributed by atoms with E-state index >= 15 is 0 Å². The van der Waals surface area contributed by atoms with Crippen molar-refractivity contribution >= 4 is 35.0 Å². The molecule has 4 rings (SSSR count). The first-order valence-electron chi connectivity index (χ1n) is 9.58. The van der Waals surface area contributed by atoms with Crippen molar-refractivity contribution < 1.29 is 14.4 Å². The van der Waals surface area contributed by atoms with Crippen LogP contribution in [0.3, 0.4) is 0 Å². The molecule has 150 valence electrons. The lowest BCUT2D eigenvalue weighted by Gasteiger charge is -2.35. The van der Waals surface area contributed by atoms with E-state index in [2.05, 4.69) is 4.98 Å². The van der Waals surface area contributed by atoms with Gasteiger partial charge in [-0.15, -0.1) is 0 Å². The summed E-state index contributed by atoms with van der Waals surface area (Å²) in [6, 6.07) is 12.3. The highest BCUT2D eigenvalue weighted by atomic mass is 35.5. The molecule has 1 aromatic heterocycles. The van der Waals surface area contributed by atoms with E-state index in [0.717, 1.165) is 5.69 Å². The standard InChI is InChI=1S/C21H21ClN4O3/c22-16-4-6-17(7-5-16)26-14-15(13-19(26)27)20(28)24-9-11-25(12-10-24)21(29)18-3-1-2-8-23-18/h1-8,15H,9-14H2/t15-/m1/s1. The van der Waals surface area contributed by atoms with Crippen molar-refractivity contribution in [2.24, 2.45) is 5.92 Å². The molecule has 8 heteroatoms. The fraction of sp³-hybridized carbons (Fsp3) is 0.333. The molecule has 0 N–H and O–H groups in total. The minimum absolute atomic E-state index is 0.0280. The number of rotatable bonds is 3. The first-order valence-corrected chi connectivity index (χ1v) is 9.96. The van der Waals surface area contributed by atoms with Gasteiger partial charge in [-0.05, 0) is 36.4 Å². The Morgan fingerprint density at radius 1 is 0.966 bits per heavy atom. The number of hydrogen-bond donors (Lipinski definition) is 0. The molecule has 0 bridgehead atoms. The second kappa shape index (κ2) is 8.21. The number of amides is 3. The molecule has 2 fully saturated rings. The van der Waals surface area contributed by atoms with Gasteiger partial charge >= 0.3 is 0 Å². The van der Waals surface area contributed by atoms with Gasteiger partial charge in [0.1, 0.15) is 5.69 Å². The van der Waals surface area contributed by atoms with Gasteiger partial charge in [0.05, 0.1) is 5.92 Å². The number of halogens is 1. The van der Waals surface area contributed by atoms with Crippen LogP contribution in [0, 0.1) is 5.92 Å². The highest BCUT2D eigenvalue weighted by Gasteiger charge is 2.38. The topological polar surface area (TPSA) is 73.8 Å². The Morgan fingerprint density at radius 2 is 1.66 bits per heavy atom. The molecule has 1 atom stereocenters. The van der Waals surface area contributed by atoms with E-state index in [1.165, 1.54) is 0 Å². The quantitative estimate of drug-likeness (QED) is 0.773. The van der Waals surface area contributed by atoms with Crippen LogP contribution in [0.2, 0.25) is 5.02 Å². The van der Waals surface area contributed by atoms with Crippen molar-refractivity contribution in [3.8, 4) is 0 Å². The molecule has 0 saturated carbocycles. The number of carbonyl (C=O) groups is 3. The Morgan fingerprint density at radius 3 is 2.31 bits per heavy atom. The van der Waals surface area contributed by atoms with Crippen molar-refractivity contribution in [2.45, 2.75) is 6.42 Å². The van der Waals surface area contributed by atoms with Crippen molar-refractivity contribution in [3.63, 3.8) is 0 Å². The van der Waals surface area contributed by atoms with Gasteiger partial charge in [-0.25, -0.2) is 0 Å². The smallest absolute Gasteiger partial charge is 0.272 e. The summed E-state index contributed by atoms with van der Waals surface area (Å²) in [4.78, 5) is 47.1. The van der Waals surface area contributed by atoms with Crippen LogP contribution in [0.15, 0.2) is 48.7 Å². The number of benzene rings is 1. The summed E-state index contributed by atoms with van der Waals surface area (Å²) in [7, 11) is 0. The second-order valence-corrected chi connectivity index (χ2v) is 7.65. The summed E-state index contributed by atoms with van der Waals surface area (Å²) >= 11 is 5.91. The summed E-state index contributed by atoms with van der Waals surface area (Å²) < 4.78 is 0. The first-order chi connectivity index (χ1) is 14.0. The predicted molar refractivity (Wildman–Crippen MR) is 109 cm³/mol. The van der Waals surface area contributed by atoms with Crippen LogP contribution in [0.25, 0.3) is 0 Å². The number of piperazine rings is 1. The van der Waals surface area contributed by atoms with Crippen molar-refractivity contribution in [1.82, 2.24) is 14.8 Å². The average Bonchev–Trinajstić information content (AvgIpc) is 3.15. The number of hydrogen-bond acceptors (Lipinski definition) is 4. The van der Waals surface area contributed by atoms with Crippen LogP contribution >= 0.6 is 11.6 Å². The van der Waals surface area contributed by atoms with E-state index in [9.17, 15) is 14.4 Å². The van der Waals surface area contributed by atoms with Crippen LogP contribution in [0.4, 0.5) is 5.69 Å². The summed E-state index contributed by atoms with van der Waals surface area (Å²) in [5, 5.41) is 0.603. The maximum atomic E-state index is 12.9. The normalized spacial score (nSPS) is 19.6. The maximum absolute atomic E-state index is 12.9. The molecule has 2 saturated heterocycles. The first kappa shape index (κ1) is 19.4. The molecule has 1 aromatic carbocycles. The molecule has 0 spiro atoms. The third-order valence-electron chi connectivity index (χ3n) is 5.38. The van der Waals surface area contributed by atoms with Crippen LogP contribution in [0.5, 0.6) is 0 Å². The van der Waals surface area contributed by atoms with Gasteiger partial charge in [-0.3, -0.25) is 19.4 Å². The Hall–Kier alpha value is -2.93. The third-order valence-corrected chi connectivity index (χ3v) is 5.63. The minimum Gasteiger partial charge on any atom is -0.339 e. The van der Waals surface area contributed by atoms with Gasteiger partial charge in [0.15, 0.2) is 0 Å². The van der Waals surface area contributed by atoms with Crippen LogP contribution in [-0.4, -0.2) is 65.2 Å². The largest absolute Gasteiger partial charge is 0.339 e. The van der Waals surface area contributed by atoms with Gasteiger partial charge in [-0.1, -0.05) is 17.7 Å².